The van der Waals surface area contributed by atoms with Crippen LogP contribution in [0.25, 0.3) is 0 Å². The molecular weight excluding hydrogens is 461 g/mol. The summed E-state index contributed by atoms with van der Waals surface area (Å²) in [5.74, 6) is -4.96. The molecule has 0 radical (unpaired) electrons. The third-order valence-corrected chi connectivity index (χ3v) is 7.05. The summed E-state index contributed by atoms with van der Waals surface area (Å²) in [5.41, 5.74) is -0.689. The number of anilines is 1. The van der Waals surface area contributed by atoms with Gasteiger partial charge in [-0.25, -0.2) is 21.6 Å². The van der Waals surface area contributed by atoms with Crippen molar-refractivity contribution in [3.05, 3.63) is 59.4 Å². The van der Waals surface area contributed by atoms with Crippen molar-refractivity contribution in [2.45, 2.75) is 37.7 Å². The second-order valence-electron chi connectivity index (χ2n) is 7.92. The van der Waals surface area contributed by atoms with Crippen LogP contribution in [0.15, 0.2) is 41.3 Å². The number of esters is 1. The highest BCUT2D eigenvalue weighted by atomic mass is 32.2. The minimum atomic E-state index is -4.05. The van der Waals surface area contributed by atoms with Crippen molar-refractivity contribution in [3.8, 4) is 0 Å². The zero-order valence-corrected chi connectivity index (χ0v) is 18.8. The van der Waals surface area contributed by atoms with Gasteiger partial charge >= 0.3 is 5.97 Å². The first-order chi connectivity index (χ1) is 15.5. The van der Waals surface area contributed by atoms with E-state index in [4.69, 9.17) is 4.74 Å². The number of ether oxygens (including phenoxy) is 1. The molecular formula is C22H23F3N2O5S. The number of piperidine rings is 1. The Bertz CT molecular complexity index is 1160. The van der Waals surface area contributed by atoms with E-state index in [1.165, 1.54) is 4.31 Å². The molecule has 0 unspecified atom stereocenters. The molecule has 2 aromatic rings. The van der Waals surface area contributed by atoms with Crippen LogP contribution in [0.3, 0.4) is 0 Å². The van der Waals surface area contributed by atoms with Crippen molar-refractivity contribution in [2.24, 2.45) is 5.92 Å². The van der Waals surface area contributed by atoms with E-state index in [1.807, 2.05) is 0 Å². The van der Waals surface area contributed by atoms with Crippen LogP contribution in [0.5, 0.6) is 0 Å². The number of hydrogen-bond donors (Lipinski definition) is 1. The Morgan fingerprint density at radius 1 is 1.00 bits per heavy atom. The minimum absolute atomic E-state index is 0.0894. The van der Waals surface area contributed by atoms with Crippen LogP contribution < -0.4 is 5.32 Å². The van der Waals surface area contributed by atoms with Gasteiger partial charge in [0.1, 0.15) is 11.9 Å². The molecule has 0 spiro atoms. The van der Waals surface area contributed by atoms with E-state index in [2.05, 4.69) is 5.32 Å². The first-order valence-corrected chi connectivity index (χ1v) is 11.7. The van der Waals surface area contributed by atoms with Gasteiger partial charge in [0.15, 0.2) is 11.6 Å². The number of benzene rings is 2. The standard InChI is InChI=1S/C22H23F3N2O5S/c1-13(2)22(29)32-15-7-9-27(10-8-15)33(30,31)16-4-6-18(23)17(12-16)21(28)26-14-3-5-19(24)20(25)11-14/h3-6,11-13,15H,7-10H2,1-2H3,(H,26,28). The van der Waals surface area contributed by atoms with Crippen LogP contribution in [0, 0.1) is 23.4 Å². The molecule has 1 aliphatic heterocycles. The second kappa shape index (κ2) is 9.92. The Labute approximate surface area is 189 Å². The third-order valence-electron chi connectivity index (χ3n) is 5.15. The van der Waals surface area contributed by atoms with Gasteiger partial charge in [-0.1, -0.05) is 13.8 Å². The number of halogens is 3. The van der Waals surface area contributed by atoms with Gasteiger partial charge in [0, 0.05) is 24.8 Å². The molecule has 1 heterocycles. The maximum atomic E-state index is 14.3. The van der Waals surface area contributed by atoms with Crippen LogP contribution in [-0.4, -0.2) is 43.8 Å². The van der Waals surface area contributed by atoms with Crippen molar-refractivity contribution in [2.75, 3.05) is 18.4 Å². The minimum Gasteiger partial charge on any atom is -0.462 e. The predicted molar refractivity (Wildman–Crippen MR) is 113 cm³/mol. The molecule has 178 valence electrons. The lowest BCUT2D eigenvalue weighted by Gasteiger charge is -2.31. The van der Waals surface area contributed by atoms with Gasteiger partial charge in [0.05, 0.1) is 16.4 Å². The molecule has 1 saturated heterocycles. The van der Waals surface area contributed by atoms with Crippen molar-refractivity contribution in [3.63, 3.8) is 0 Å². The number of sulfonamides is 1. The van der Waals surface area contributed by atoms with Crippen LogP contribution in [0.1, 0.15) is 37.0 Å². The Morgan fingerprint density at radius 3 is 2.24 bits per heavy atom. The van der Waals surface area contributed by atoms with Gasteiger partial charge < -0.3 is 10.1 Å². The summed E-state index contributed by atoms with van der Waals surface area (Å²) in [7, 11) is -4.05. The summed E-state index contributed by atoms with van der Waals surface area (Å²) >= 11 is 0. The fourth-order valence-corrected chi connectivity index (χ4v) is 4.75. The van der Waals surface area contributed by atoms with E-state index in [0.717, 1.165) is 36.4 Å². The molecule has 0 saturated carbocycles. The molecule has 7 nitrogen and oxygen atoms in total. The van der Waals surface area contributed by atoms with Crippen molar-refractivity contribution in [1.29, 1.82) is 0 Å². The maximum Gasteiger partial charge on any atom is 0.308 e. The largest absolute Gasteiger partial charge is 0.462 e. The van der Waals surface area contributed by atoms with Crippen LogP contribution in [0.4, 0.5) is 18.9 Å². The fourth-order valence-electron chi connectivity index (χ4n) is 3.25. The highest BCUT2D eigenvalue weighted by Gasteiger charge is 2.32. The normalized spacial score (nSPS) is 15.5. The monoisotopic (exact) mass is 484 g/mol. The second-order valence-corrected chi connectivity index (χ2v) is 9.86. The van der Waals surface area contributed by atoms with Crippen LogP contribution in [-0.2, 0) is 19.6 Å². The molecule has 0 aliphatic carbocycles. The fraction of sp³-hybridized carbons (Fsp3) is 0.364. The molecule has 1 aliphatic rings. The molecule has 1 amide bonds. The molecule has 1 fully saturated rings. The van der Waals surface area contributed by atoms with Crippen molar-refractivity contribution in [1.82, 2.24) is 4.31 Å². The average molecular weight is 484 g/mol. The number of nitrogens with zero attached hydrogens (tertiary/aromatic N) is 1. The van der Waals surface area contributed by atoms with Crippen LogP contribution >= 0.6 is 0 Å². The Kier molecular flexibility index (Phi) is 7.43. The summed E-state index contributed by atoms with van der Waals surface area (Å²) < 4.78 is 73.3. The summed E-state index contributed by atoms with van der Waals surface area (Å²) in [6, 6.07) is 5.40. The molecule has 2 aromatic carbocycles. The molecule has 11 heteroatoms. The lowest BCUT2D eigenvalue weighted by Crippen LogP contribution is -2.41. The third kappa shape index (κ3) is 5.72. The van der Waals surface area contributed by atoms with Crippen molar-refractivity contribution >= 4 is 27.6 Å². The van der Waals surface area contributed by atoms with E-state index in [-0.39, 0.29) is 35.6 Å². The van der Waals surface area contributed by atoms with Crippen LogP contribution in [0.2, 0.25) is 0 Å². The average Bonchev–Trinajstić information content (AvgIpc) is 2.76. The van der Waals surface area contributed by atoms with E-state index >= 15 is 0 Å². The zero-order chi connectivity index (χ0) is 24.3. The summed E-state index contributed by atoms with van der Waals surface area (Å²) in [6.07, 6.45) is 0.224. The predicted octanol–water partition coefficient (Wildman–Crippen LogP) is 3.71. The van der Waals surface area contributed by atoms with E-state index in [9.17, 15) is 31.2 Å². The van der Waals surface area contributed by atoms with Gasteiger partial charge in [0.25, 0.3) is 5.91 Å². The topological polar surface area (TPSA) is 92.8 Å². The molecule has 0 atom stereocenters. The van der Waals surface area contributed by atoms with Gasteiger partial charge in [-0.3, -0.25) is 9.59 Å². The highest BCUT2D eigenvalue weighted by molar-refractivity contribution is 7.89. The molecule has 33 heavy (non-hydrogen) atoms. The number of amides is 1. The lowest BCUT2D eigenvalue weighted by molar-refractivity contribution is -0.154. The summed E-state index contributed by atoms with van der Waals surface area (Å²) in [6.45, 7) is 3.59. The SMILES string of the molecule is CC(C)C(=O)OC1CCN(S(=O)(=O)c2ccc(F)c(C(=O)Nc3ccc(F)c(F)c3)c2)CC1. The van der Waals surface area contributed by atoms with E-state index < -0.39 is 45.0 Å². The molecule has 0 aromatic heterocycles. The van der Waals surface area contributed by atoms with E-state index in [1.54, 1.807) is 13.8 Å². The van der Waals surface area contributed by atoms with Gasteiger partial charge in [-0.15, -0.1) is 0 Å². The lowest BCUT2D eigenvalue weighted by atomic mass is 10.1. The number of carbonyl (C=O) groups is 2. The van der Waals surface area contributed by atoms with Gasteiger partial charge in [-0.05, 0) is 43.2 Å². The highest BCUT2D eigenvalue weighted by Crippen LogP contribution is 2.25. The van der Waals surface area contributed by atoms with Gasteiger partial charge in [-0.2, -0.15) is 4.31 Å². The first kappa shape index (κ1) is 24.7. The zero-order valence-electron chi connectivity index (χ0n) is 18.0. The number of rotatable bonds is 6. The molecule has 3 rings (SSSR count). The summed E-state index contributed by atoms with van der Waals surface area (Å²) in [5, 5.41) is 2.22. The first-order valence-electron chi connectivity index (χ1n) is 10.3. The van der Waals surface area contributed by atoms with E-state index in [0.29, 0.717) is 12.8 Å². The maximum absolute atomic E-state index is 14.3. The quantitative estimate of drug-likeness (QED) is 0.631. The number of nitrogens with one attached hydrogen (secondary N) is 1. The number of hydrogen-bond acceptors (Lipinski definition) is 5. The Morgan fingerprint density at radius 2 is 1.64 bits per heavy atom. The molecule has 0 bridgehead atoms. The number of carbonyl (C=O) groups excluding carboxylic acids is 2. The smallest absolute Gasteiger partial charge is 0.308 e. The Balaban J connectivity index is 1.74. The van der Waals surface area contributed by atoms with Gasteiger partial charge in [0.2, 0.25) is 10.0 Å². The molecule has 1 N–H and O–H groups in total. The van der Waals surface area contributed by atoms with Crippen molar-refractivity contribution < 1.29 is 35.9 Å². The summed E-state index contributed by atoms with van der Waals surface area (Å²) in [4.78, 5) is 23.9. The Hall–Kier alpha value is -2.92.